The maximum atomic E-state index is 12.6. The molecule has 0 fully saturated rings. The van der Waals surface area contributed by atoms with Crippen LogP contribution in [0.3, 0.4) is 0 Å². The second-order valence-corrected chi connectivity index (χ2v) is 6.76. The van der Waals surface area contributed by atoms with E-state index in [1.165, 1.54) is 12.1 Å². The van der Waals surface area contributed by atoms with Gasteiger partial charge in [0.2, 0.25) is 0 Å². The summed E-state index contributed by atoms with van der Waals surface area (Å²) in [6.45, 7) is 4.45. The van der Waals surface area contributed by atoms with Crippen LogP contribution in [0.2, 0.25) is 0 Å². The van der Waals surface area contributed by atoms with E-state index in [1.54, 1.807) is 17.8 Å². The monoisotopic (exact) mass is 386 g/mol. The molecule has 7 heteroatoms. The van der Waals surface area contributed by atoms with Gasteiger partial charge in [0.05, 0.1) is 5.56 Å². The van der Waals surface area contributed by atoms with Crippen molar-refractivity contribution in [3.63, 3.8) is 0 Å². The van der Waals surface area contributed by atoms with Crippen molar-refractivity contribution in [3.05, 3.63) is 53.6 Å². The van der Waals surface area contributed by atoms with E-state index in [4.69, 9.17) is 9.47 Å². The van der Waals surface area contributed by atoms with E-state index < -0.39 is 11.7 Å². The highest BCUT2D eigenvalue weighted by molar-refractivity contribution is 7.99. The van der Waals surface area contributed by atoms with Crippen LogP contribution in [0.15, 0.2) is 47.4 Å². The smallest absolute Gasteiger partial charge is 0.416 e. The first-order chi connectivity index (χ1) is 12.3. The summed E-state index contributed by atoms with van der Waals surface area (Å²) in [7, 11) is 0. The first-order valence-corrected chi connectivity index (χ1v) is 9.12. The summed E-state index contributed by atoms with van der Waals surface area (Å²) >= 11 is 1.57. The quantitative estimate of drug-likeness (QED) is 0.625. The molecule has 0 radical (unpaired) electrons. The Bertz CT molecular complexity index is 702. The van der Waals surface area contributed by atoms with Gasteiger partial charge in [-0.3, -0.25) is 0 Å². The number of phenolic OH excluding ortho intramolecular Hbond substituents is 1. The van der Waals surface area contributed by atoms with Crippen LogP contribution >= 0.6 is 11.8 Å². The molecule has 0 heterocycles. The van der Waals surface area contributed by atoms with Gasteiger partial charge in [0.25, 0.3) is 0 Å². The van der Waals surface area contributed by atoms with Crippen LogP contribution in [0.4, 0.5) is 13.2 Å². The van der Waals surface area contributed by atoms with E-state index in [0.717, 1.165) is 22.6 Å². The Kier molecular flexibility index (Phi) is 7.23. The lowest BCUT2D eigenvalue weighted by atomic mass is 10.2. The van der Waals surface area contributed by atoms with Gasteiger partial charge in [0, 0.05) is 17.3 Å². The Morgan fingerprint density at radius 2 is 1.81 bits per heavy atom. The number of halogens is 3. The maximum absolute atomic E-state index is 12.6. The first-order valence-electron chi connectivity index (χ1n) is 8.13. The number of ether oxygens (including phenoxy) is 2. The van der Waals surface area contributed by atoms with E-state index in [0.29, 0.717) is 18.1 Å². The van der Waals surface area contributed by atoms with Crippen molar-refractivity contribution < 1.29 is 27.8 Å². The van der Waals surface area contributed by atoms with Gasteiger partial charge in [-0.25, -0.2) is 0 Å². The third-order valence-electron chi connectivity index (χ3n) is 3.62. The largest absolute Gasteiger partial charge is 0.508 e. The zero-order valence-corrected chi connectivity index (χ0v) is 15.4. The van der Waals surface area contributed by atoms with Gasteiger partial charge < -0.3 is 14.6 Å². The summed E-state index contributed by atoms with van der Waals surface area (Å²) in [6.07, 6.45) is -4.56. The topological polar surface area (TPSA) is 38.7 Å². The van der Waals surface area contributed by atoms with Crippen molar-refractivity contribution in [2.45, 2.75) is 31.0 Å². The molecule has 1 unspecified atom stereocenters. The van der Waals surface area contributed by atoms with Crippen LogP contribution in [0.25, 0.3) is 0 Å². The fraction of sp³-hybridized carbons (Fsp3) is 0.368. The summed E-state index contributed by atoms with van der Waals surface area (Å²) in [6, 6.07) is 9.97. The zero-order chi connectivity index (χ0) is 19.2. The number of aromatic hydroxyl groups is 1. The van der Waals surface area contributed by atoms with E-state index in [9.17, 15) is 18.3 Å². The van der Waals surface area contributed by atoms with Crippen LogP contribution in [-0.4, -0.2) is 30.2 Å². The predicted molar refractivity (Wildman–Crippen MR) is 95.9 cm³/mol. The average Bonchev–Trinajstić information content (AvgIpc) is 2.60. The Morgan fingerprint density at radius 1 is 1.12 bits per heavy atom. The minimum Gasteiger partial charge on any atom is -0.508 e. The molecule has 0 aliphatic heterocycles. The molecule has 0 saturated carbocycles. The molecule has 0 amide bonds. The molecule has 1 atom stereocenters. The summed E-state index contributed by atoms with van der Waals surface area (Å²) in [5.74, 6) is 1.24. The highest BCUT2D eigenvalue weighted by atomic mass is 32.2. The molecule has 3 nitrogen and oxygen atoms in total. The fourth-order valence-corrected chi connectivity index (χ4v) is 3.21. The van der Waals surface area contributed by atoms with Gasteiger partial charge in [-0.15, -0.1) is 11.8 Å². The van der Waals surface area contributed by atoms with E-state index in [2.05, 4.69) is 0 Å². The van der Waals surface area contributed by atoms with Crippen molar-refractivity contribution in [1.29, 1.82) is 0 Å². The molecule has 0 spiro atoms. The third-order valence-corrected chi connectivity index (χ3v) is 4.75. The van der Waals surface area contributed by atoms with Crippen LogP contribution in [-0.2, 0) is 10.9 Å². The minimum atomic E-state index is -4.36. The number of rotatable bonds is 8. The number of hydrogen-bond acceptors (Lipinski definition) is 4. The summed E-state index contributed by atoms with van der Waals surface area (Å²) in [5, 5.41) is 9.56. The van der Waals surface area contributed by atoms with Crippen molar-refractivity contribution in [2.75, 3.05) is 19.0 Å². The molecule has 0 aromatic heterocycles. The molecule has 0 aliphatic carbocycles. The normalized spacial score (nSPS) is 12.8. The number of hydrogen-bond donors (Lipinski definition) is 1. The van der Waals surface area contributed by atoms with Crippen molar-refractivity contribution >= 4 is 11.8 Å². The van der Waals surface area contributed by atoms with Crippen molar-refractivity contribution in [3.8, 4) is 11.5 Å². The molecule has 2 aromatic carbocycles. The molecule has 1 N–H and O–H groups in total. The number of thioether (sulfide) groups is 1. The van der Waals surface area contributed by atoms with E-state index in [-0.39, 0.29) is 18.5 Å². The SMILES string of the molecule is CCOC(COc1ccc(C(F)(F)F)cc1)CSc1ccc(O)c(C)c1. The molecule has 2 rings (SSSR count). The van der Waals surface area contributed by atoms with Crippen molar-refractivity contribution in [1.82, 2.24) is 0 Å². The number of aryl methyl sites for hydroxylation is 1. The lowest BCUT2D eigenvalue weighted by molar-refractivity contribution is -0.137. The molecule has 0 saturated heterocycles. The minimum absolute atomic E-state index is 0.207. The third kappa shape index (κ3) is 6.14. The number of alkyl halides is 3. The first kappa shape index (κ1) is 20.5. The molecule has 142 valence electrons. The molecular weight excluding hydrogens is 365 g/mol. The number of benzene rings is 2. The van der Waals surface area contributed by atoms with E-state index >= 15 is 0 Å². The van der Waals surface area contributed by atoms with Crippen LogP contribution in [0, 0.1) is 6.92 Å². The average molecular weight is 386 g/mol. The van der Waals surface area contributed by atoms with Gasteiger partial charge >= 0.3 is 6.18 Å². The van der Waals surface area contributed by atoms with Gasteiger partial charge in [-0.1, -0.05) is 0 Å². The van der Waals surface area contributed by atoms with E-state index in [1.807, 2.05) is 26.0 Å². The summed E-state index contributed by atoms with van der Waals surface area (Å²) in [4.78, 5) is 1.000. The summed E-state index contributed by atoms with van der Waals surface area (Å²) in [5.41, 5.74) is 0.0911. The van der Waals surface area contributed by atoms with Gasteiger partial charge in [-0.05, 0) is 61.9 Å². The van der Waals surface area contributed by atoms with Gasteiger partial charge in [0.1, 0.15) is 24.2 Å². The van der Waals surface area contributed by atoms with Crippen LogP contribution in [0.5, 0.6) is 11.5 Å². The Labute approximate surface area is 155 Å². The Balaban J connectivity index is 1.90. The zero-order valence-electron chi connectivity index (χ0n) is 14.5. The standard InChI is InChI=1S/C19H21F3O3S/c1-3-24-16(12-26-17-8-9-18(23)13(2)10-17)11-25-15-6-4-14(5-7-15)19(20,21)22/h4-10,16,23H,3,11-12H2,1-2H3. The Hall–Kier alpha value is -1.86. The highest BCUT2D eigenvalue weighted by Crippen LogP contribution is 2.30. The summed E-state index contributed by atoms with van der Waals surface area (Å²) < 4.78 is 48.9. The maximum Gasteiger partial charge on any atom is 0.416 e. The fourth-order valence-electron chi connectivity index (χ4n) is 2.22. The second-order valence-electron chi connectivity index (χ2n) is 5.67. The molecule has 26 heavy (non-hydrogen) atoms. The number of phenols is 1. The predicted octanol–water partition coefficient (Wildman–Crippen LogP) is 5.30. The lowest BCUT2D eigenvalue weighted by Gasteiger charge is -2.18. The second kappa shape index (κ2) is 9.19. The molecular formula is C19H21F3O3S. The highest BCUT2D eigenvalue weighted by Gasteiger charge is 2.30. The van der Waals surface area contributed by atoms with Crippen LogP contribution < -0.4 is 4.74 Å². The van der Waals surface area contributed by atoms with Gasteiger partial charge in [-0.2, -0.15) is 13.2 Å². The van der Waals surface area contributed by atoms with Crippen LogP contribution in [0.1, 0.15) is 18.1 Å². The lowest BCUT2D eigenvalue weighted by Crippen LogP contribution is -2.24. The van der Waals surface area contributed by atoms with Crippen molar-refractivity contribution in [2.24, 2.45) is 0 Å². The molecule has 0 aliphatic rings. The molecule has 2 aromatic rings. The van der Waals surface area contributed by atoms with Gasteiger partial charge in [0.15, 0.2) is 0 Å². The Morgan fingerprint density at radius 3 is 2.38 bits per heavy atom. The molecule has 0 bridgehead atoms.